The Kier molecular flexibility index (Phi) is 6.90. The zero-order chi connectivity index (χ0) is 15.7. The Bertz CT molecular complexity index is 379. The molecule has 1 aliphatic rings. The molecule has 0 saturated heterocycles. The Balaban J connectivity index is 2.33. The number of hydrogen-bond donors (Lipinski definition) is 2. The first-order chi connectivity index (χ1) is 9.93. The minimum absolute atomic E-state index is 0.0672. The van der Waals surface area contributed by atoms with Crippen LogP contribution in [-0.4, -0.2) is 35.2 Å². The van der Waals surface area contributed by atoms with Crippen molar-refractivity contribution in [1.29, 1.82) is 0 Å². The summed E-state index contributed by atoms with van der Waals surface area (Å²) in [4.78, 5) is 36.7. The van der Waals surface area contributed by atoms with E-state index in [1.807, 2.05) is 0 Å². The molecule has 1 aliphatic carbocycles. The zero-order valence-electron chi connectivity index (χ0n) is 12.0. The fourth-order valence-corrected chi connectivity index (χ4v) is 2.78. The number of carboxylic acids is 1. The van der Waals surface area contributed by atoms with Crippen molar-refractivity contribution in [2.24, 2.45) is 5.41 Å². The lowest BCUT2D eigenvalue weighted by Gasteiger charge is -2.36. The Morgan fingerprint density at radius 3 is 2.52 bits per heavy atom. The summed E-state index contributed by atoms with van der Waals surface area (Å²) in [5.74, 6) is -1.07. The summed E-state index contributed by atoms with van der Waals surface area (Å²) in [7, 11) is 0. The zero-order valence-corrected chi connectivity index (χ0v) is 12.0. The third kappa shape index (κ3) is 6.92. The number of hydrogen-bond acceptors (Lipinski definition) is 5. The predicted molar refractivity (Wildman–Crippen MR) is 73.0 cm³/mol. The lowest BCUT2D eigenvalue weighted by atomic mass is 9.71. The molecule has 0 heterocycles. The Hall–Kier alpha value is -1.86. The molecule has 8 nitrogen and oxygen atoms in total. The van der Waals surface area contributed by atoms with Crippen molar-refractivity contribution in [3.63, 3.8) is 0 Å². The smallest absolute Gasteiger partial charge is 0.303 e. The minimum atomic E-state index is -0.887. The second-order valence-electron chi connectivity index (χ2n) is 5.57. The largest absolute Gasteiger partial charge is 0.481 e. The number of carbonyl (C=O) groups excluding carboxylic acids is 1. The molecule has 120 valence electrons. The summed E-state index contributed by atoms with van der Waals surface area (Å²) in [6.45, 7) is 0.245. The number of aliphatic carboxylic acids is 1. The number of nitrogens with one attached hydrogen (secondary N) is 1. The van der Waals surface area contributed by atoms with Gasteiger partial charge in [-0.25, -0.2) is 0 Å². The highest BCUT2D eigenvalue weighted by Crippen LogP contribution is 2.38. The van der Waals surface area contributed by atoms with Crippen molar-refractivity contribution in [2.75, 3.05) is 13.2 Å². The summed E-state index contributed by atoms with van der Waals surface area (Å²) in [6.07, 6.45) is 5.16. The van der Waals surface area contributed by atoms with Gasteiger partial charge in [-0.15, -0.1) is 10.1 Å². The van der Waals surface area contributed by atoms with E-state index in [0.717, 1.165) is 32.1 Å². The lowest BCUT2D eigenvalue weighted by molar-refractivity contribution is -0.757. The topological polar surface area (TPSA) is 119 Å². The van der Waals surface area contributed by atoms with Crippen LogP contribution >= 0.6 is 0 Å². The van der Waals surface area contributed by atoms with Crippen LogP contribution in [0.2, 0.25) is 0 Å². The first-order valence-electron chi connectivity index (χ1n) is 7.19. The van der Waals surface area contributed by atoms with Gasteiger partial charge >= 0.3 is 5.97 Å². The van der Waals surface area contributed by atoms with Crippen LogP contribution in [0.3, 0.4) is 0 Å². The van der Waals surface area contributed by atoms with Gasteiger partial charge in [0.05, 0.1) is 13.0 Å². The van der Waals surface area contributed by atoms with Gasteiger partial charge < -0.3 is 15.3 Å². The standard InChI is InChI=1S/C13H22N2O6/c16-11(5-4-8-21-15(19)20)14-10-13(9-12(17)18)6-2-1-3-7-13/h1-10H2,(H,14,16)(H,17,18). The van der Waals surface area contributed by atoms with Gasteiger partial charge in [-0.2, -0.15) is 0 Å². The summed E-state index contributed by atoms with van der Waals surface area (Å²) in [6, 6.07) is 0. The molecule has 1 rings (SSSR count). The van der Waals surface area contributed by atoms with E-state index < -0.39 is 11.1 Å². The normalized spacial score (nSPS) is 17.0. The highest BCUT2D eigenvalue weighted by molar-refractivity contribution is 5.76. The number of carbonyl (C=O) groups is 2. The summed E-state index contributed by atoms with van der Waals surface area (Å²) >= 11 is 0. The molecule has 1 amide bonds. The average molecular weight is 302 g/mol. The second kappa shape index (κ2) is 8.43. The van der Waals surface area contributed by atoms with E-state index in [0.29, 0.717) is 6.54 Å². The van der Waals surface area contributed by atoms with Crippen molar-refractivity contribution >= 4 is 11.9 Å². The average Bonchev–Trinajstić information content (AvgIpc) is 2.41. The van der Waals surface area contributed by atoms with Crippen LogP contribution < -0.4 is 5.32 Å². The number of amides is 1. The van der Waals surface area contributed by atoms with E-state index >= 15 is 0 Å². The maximum atomic E-state index is 11.7. The van der Waals surface area contributed by atoms with Crippen LogP contribution in [-0.2, 0) is 14.4 Å². The molecule has 21 heavy (non-hydrogen) atoms. The first-order valence-corrected chi connectivity index (χ1v) is 7.19. The molecule has 0 aromatic rings. The maximum absolute atomic E-state index is 11.7. The molecular weight excluding hydrogens is 280 g/mol. The molecule has 0 unspecified atom stereocenters. The summed E-state index contributed by atoms with van der Waals surface area (Å²) < 4.78 is 0. The second-order valence-corrected chi connectivity index (χ2v) is 5.57. The Morgan fingerprint density at radius 2 is 1.95 bits per heavy atom. The summed E-state index contributed by atoms with van der Waals surface area (Å²) in [5.41, 5.74) is -0.350. The third-order valence-electron chi connectivity index (χ3n) is 3.85. The van der Waals surface area contributed by atoms with Gasteiger partial charge in [0.15, 0.2) is 0 Å². The van der Waals surface area contributed by atoms with E-state index in [2.05, 4.69) is 10.2 Å². The van der Waals surface area contributed by atoms with Crippen molar-refractivity contribution in [3.05, 3.63) is 10.1 Å². The van der Waals surface area contributed by atoms with Gasteiger partial charge in [-0.05, 0) is 24.7 Å². The van der Waals surface area contributed by atoms with E-state index in [1.54, 1.807) is 0 Å². The molecule has 0 radical (unpaired) electrons. The Morgan fingerprint density at radius 1 is 1.29 bits per heavy atom. The van der Waals surface area contributed by atoms with Gasteiger partial charge in [-0.3, -0.25) is 9.59 Å². The monoisotopic (exact) mass is 302 g/mol. The van der Waals surface area contributed by atoms with Crippen LogP contribution in [0.25, 0.3) is 0 Å². The van der Waals surface area contributed by atoms with Gasteiger partial charge in [0.2, 0.25) is 5.91 Å². The molecular formula is C13H22N2O6. The van der Waals surface area contributed by atoms with Crippen LogP contribution in [0.4, 0.5) is 0 Å². The van der Waals surface area contributed by atoms with E-state index in [-0.39, 0.29) is 37.2 Å². The SMILES string of the molecule is O=C(O)CC1(CNC(=O)CCCO[N+](=O)[O-])CCCCC1. The maximum Gasteiger partial charge on any atom is 0.303 e. The first kappa shape index (κ1) is 17.2. The van der Waals surface area contributed by atoms with Gasteiger partial charge in [0.1, 0.15) is 0 Å². The van der Waals surface area contributed by atoms with Crippen LogP contribution in [0, 0.1) is 15.5 Å². The molecule has 1 saturated carbocycles. The van der Waals surface area contributed by atoms with E-state index in [4.69, 9.17) is 5.11 Å². The molecule has 8 heteroatoms. The molecule has 2 N–H and O–H groups in total. The molecule has 0 atom stereocenters. The van der Waals surface area contributed by atoms with Gasteiger partial charge in [0, 0.05) is 13.0 Å². The fourth-order valence-electron chi connectivity index (χ4n) is 2.78. The van der Waals surface area contributed by atoms with Crippen molar-refractivity contribution < 1.29 is 24.6 Å². The molecule has 0 aliphatic heterocycles. The molecule has 0 bridgehead atoms. The lowest BCUT2D eigenvalue weighted by Crippen LogP contribution is -2.40. The highest BCUT2D eigenvalue weighted by atomic mass is 16.9. The van der Waals surface area contributed by atoms with E-state index in [9.17, 15) is 19.7 Å². The molecule has 0 aromatic heterocycles. The molecule has 0 spiro atoms. The molecule has 0 aromatic carbocycles. The highest BCUT2D eigenvalue weighted by Gasteiger charge is 2.34. The van der Waals surface area contributed by atoms with Crippen LogP contribution in [0.1, 0.15) is 51.4 Å². The van der Waals surface area contributed by atoms with E-state index in [1.165, 1.54) is 0 Å². The number of nitrogens with zero attached hydrogens (tertiary/aromatic N) is 1. The summed E-state index contributed by atoms with van der Waals surface area (Å²) in [5, 5.41) is 20.8. The quantitative estimate of drug-likeness (QED) is 0.378. The van der Waals surface area contributed by atoms with Crippen LogP contribution in [0.5, 0.6) is 0 Å². The number of carboxylic acid groups (broad SMARTS) is 1. The minimum Gasteiger partial charge on any atom is -0.481 e. The van der Waals surface area contributed by atoms with Gasteiger partial charge in [-0.1, -0.05) is 19.3 Å². The van der Waals surface area contributed by atoms with Crippen molar-refractivity contribution in [2.45, 2.75) is 51.4 Å². The number of rotatable bonds is 9. The third-order valence-corrected chi connectivity index (χ3v) is 3.85. The van der Waals surface area contributed by atoms with Crippen LogP contribution in [0.15, 0.2) is 0 Å². The fraction of sp³-hybridized carbons (Fsp3) is 0.846. The van der Waals surface area contributed by atoms with Crippen molar-refractivity contribution in [3.8, 4) is 0 Å². The van der Waals surface area contributed by atoms with Gasteiger partial charge in [0.25, 0.3) is 5.09 Å². The Labute approximate surface area is 123 Å². The molecule has 1 fully saturated rings. The predicted octanol–water partition coefficient (Wildman–Crippen LogP) is 1.52. The van der Waals surface area contributed by atoms with Crippen molar-refractivity contribution in [1.82, 2.24) is 5.32 Å².